The molecule has 2 heterocycles. The fourth-order valence-corrected chi connectivity index (χ4v) is 3.68. The monoisotopic (exact) mass is 465 g/mol. The lowest BCUT2D eigenvalue weighted by molar-refractivity contribution is 0.0996. The summed E-state index contributed by atoms with van der Waals surface area (Å²) in [6, 6.07) is 11.8. The third-order valence-electron chi connectivity index (χ3n) is 5.66. The Bertz CT molecular complexity index is 1180. The number of nitrogens with one attached hydrogen (secondary N) is 1. The number of primary amides is 1. The van der Waals surface area contributed by atoms with E-state index in [1.165, 1.54) is 18.2 Å². The number of benzene rings is 2. The van der Waals surface area contributed by atoms with Crippen molar-refractivity contribution in [2.75, 3.05) is 49.2 Å². The van der Waals surface area contributed by atoms with E-state index < -0.39 is 11.7 Å². The molecule has 0 unspecified atom stereocenters. The van der Waals surface area contributed by atoms with Crippen molar-refractivity contribution >= 4 is 28.8 Å². The van der Waals surface area contributed by atoms with Crippen LogP contribution < -0.4 is 26.4 Å². The highest BCUT2D eigenvalue weighted by molar-refractivity contribution is 5.96. The van der Waals surface area contributed by atoms with Crippen LogP contribution in [-0.2, 0) is 6.42 Å². The number of carbonyl (C=O) groups is 1. The summed E-state index contributed by atoms with van der Waals surface area (Å²) in [7, 11) is 2.12. The summed E-state index contributed by atoms with van der Waals surface area (Å²) < 4.78 is 19.9. The van der Waals surface area contributed by atoms with Gasteiger partial charge in [-0.05, 0) is 49.9 Å². The molecule has 4 rings (SSSR count). The Morgan fingerprint density at radius 3 is 2.47 bits per heavy atom. The van der Waals surface area contributed by atoms with Gasteiger partial charge in [-0.2, -0.15) is 4.98 Å². The molecule has 1 fully saturated rings. The van der Waals surface area contributed by atoms with Crippen LogP contribution in [-0.4, -0.2) is 54.0 Å². The maximum absolute atomic E-state index is 14.2. The van der Waals surface area contributed by atoms with E-state index in [-0.39, 0.29) is 23.1 Å². The van der Waals surface area contributed by atoms with Gasteiger partial charge in [0, 0.05) is 49.3 Å². The third kappa shape index (κ3) is 5.18. The number of nitrogen functional groups attached to an aromatic ring is 1. The molecule has 1 aliphatic rings. The van der Waals surface area contributed by atoms with Gasteiger partial charge >= 0.3 is 0 Å². The van der Waals surface area contributed by atoms with Crippen LogP contribution in [0.25, 0.3) is 0 Å². The smallest absolute Gasteiger partial charge is 0.271 e. The van der Waals surface area contributed by atoms with E-state index in [4.69, 9.17) is 16.2 Å². The molecule has 2 aromatic carbocycles. The first-order chi connectivity index (χ1) is 16.3. The van der Waals surface area contributed by atoms with Crippen LogP contribution in [0.3, 0.4) is 0 Å². The van der Waals surface area contributed by atoms with Gasteiger partial charge in [-0.3, -0.25) is 4.79 Å². The van der Waals surface area contributed by atoms with Crippen LogP contribution in [0.4, 0.5) is 27.3 Å². The number of hydrogen-bond donors (Lipinski definition) is 3. The predicted molar refractivity (Wildman–Crippen MR) is 130 cm³/mol. The number of rotatable bonds is 7. The summed E-state index contributed by atoms with van der Waals surface area (Å²) in [4.78, 5) is 25.5. The van der Waals surface area contributed by atoms with E-state index in [1.807, 2.05) is 31.2 Å². The first-order valence-electron chi connectivity index (χ1n) is 11.1. The summed E-state index contributed by atoms with van der Waals surface area (Å²) in [5.74, 6) is -1.23. The van der Waals surface area contributed by atoms with E-state index in [1.54, 1.807) is 0 Å². The maximum Gasteiger partial charge on any atom is 0.271 e. The molecule has 3 aromatic rings. The average Bonchev–Trinajstić information content (AvgIpc) is 2.82. The number of carbonyl (C=O) groups excluding carboxylic acids is 1. The van der Waals surface area contributed by atoms with Crippen molar-refractivity contribution in [2.45, 2.75) is 13.3 Å². The number of likely N-dealkylation sites (N-methyl/N-ethyl adjacent to an activating group) is 1. The number of halogens is 1. The highest BCUT2D eigenvalue weighted by Gasteiger charge is 2.20. The molecule has 0 atom stereocenters. The Morgan fingerprint density at radius 2 is 1.82 bits per heavy atom. The van der Waals surface area contributed by atoms with Gasteiger partial charge in [-0.1, -0.05) is 6.92 Å². The van der Waals surface area contributed by atoms with Crippen molar-refractivity contribution in [2.24, 2.45) is 5.73 Å². The van der Waals surface area contributed by atoms with Gasteiger partial charge in [-0.15, -0.1) is 0 Å². The average molecular weight is 466 g/mol. The van der Waals surface area contributed by atoms with E-state index in [0.717, 1.165) is 31.9 Å². The van der Waals surface area contributed by atoms with Crippen LogP contribution >= 0.6 is 0 Å². The molecule has 10 heteroatoms. The largest absolute Gasteiger partial charge is 0.434 e. The van der Waals surface area contributed by atoms with Gasteiger partial charge in [0.1, 0.15) is 5.69 Å². The quantitative estimate of drug-likeness (QED) is 0.455. The Morgan fingerprint density at radius 1 is 1.12 bits per heavy atom. The molecule has 0 spiro atoms. The zero-order valence-corrected chi connectivity index (χ0v) is 19.2. The van der Waals surface area contributed by atoms with E-state index in [9.17, 15) is 9.18 Å². The fourth-order valence-electron chi connectivity index (χ4n) is 3.68. The number of nitrogens with zero attached hydrogens (tertiary/aromatic N) is 4. The zero-order chi connectivity index (χ0) is 24.2. The van der Waals surface area contributed by atoms with Crippen LogP contribution in [0.5, 0.6) is 11.6 Å². The first-order valence-corrected chi connectivity index (χ1v) is 11.1. The van der Waals surface area contributed by atoms with Gasteiger partial charge in [0.05, 0.1) is 0 Å². The summed E-state index contributed by atoms with van der Waals surface area (Å²) in [6.45, 7) is 5.76. The zero-order valence-electron chi connectivity index (χ0n) is 19.2. The molecule has 1 aromatic heterocycles. The Balaban J connectivity index is 1.62. The lowest BCUT2D eigenvalue weighted by Crippen LogP contribution is -2.44. The number of ether oxygens (including phenoxy) is 1. The minimum Gasteiger partial charge on any atom is -0.434 e. The Labute approximate surface area is 197 Å². The molecule has 5 N–H and O–H groups in total. The SMILES string of the molecule is CCc1nc(C(N)=O)c(Nc2ccc(N3CCN(C)CC3)cc2)nc1Oc1cc(N)ccc1F. The van der Waals surface area contributed by atoms with Gasteiger partial charge in [0.2, 0.25) is 5.88 Å². The second-order valence-corrected chi connectivity index (χ2v) is 8.14. The van der Waals surface area contributed by atoms with E-state index >= 15 is 0 Å². The number of piperazine rings is 1. The molecular weight excluding hydrogens is 437 g/mol. The van der Waals surface area contributed by atoms with Crippen LogP contribution in [0, 0.1) is 5.82 Å². The first kappa shape index (κ1) is 23.2. The van der Waals surface area contributed by atoms with Crippen LogP contribution in [0.1, 0.15) is 23.1 Å². The topological polar surface area (TPSA) is 123 Å². The minimum absolute atomic E-state index is 0.0274. The molecule has 9 nitrogen and oxygen atoms in total. The third-order valence-corrected chi connectivity index (χ3v) is 5.66. The molecule has 1 saturated heterocycles. The fraction of sp³-hybridized carbons (Fsp3) is 0.292. The number of hydrogen-bond acceptors (Lipinski definition) is 8. The minimum atomic E-state index is -0.736. The van der Waals surface area contributed by atoms with Gasteiger partial charge in [0.25, 0.3) is 5.91 Å². The molecule has 0 bridgehead atoms. The van der Waals surface area contributed by atoms with Crippen molar-refractivity contribution in [3.8, 4) is 11.6 Å². The van der Waals surface area contributed by atoms with Crippen molar-refractivity contribution in [3.63, 3.8) is 0 Å². The van der Waals surface area contributed by atoms with E-state index in [0.29, 0.717) is 23.5 Å². The lowest BCUT2D eigenvalue weighted by atomic mass is 10.2. The predicted octanol–water partition coefficient (Wildman–Crippen LogP) is 3.15. The second kappa shape index (κ2) is 9.92. The Hall–Kier alpha value is -3.92. The molecule has 0 radical (unpaired) electrons. The normalized spacial score (nSPS) is 14.1. The lowest BCUT2D eigenvalue weighted by Gasteiger charge is -2.34. The highest BCUT2D eigenvalue weighted by atomic mass is 19.1. The maximum atomic E-state index is 14.2. The molecule has 178 valence electrons. The van der Waals surface area contributed by atoms with Gasteiger partial charge in [0.15, 0.2) is 23.1 Å². The van der Waals surface area contributed by atoms with Crippen molar-refractivity contribution in [3.05, 3.63) is 59.7 Å². The molecule has 1 amide bonds. The summed E-state index contributed by atoms with van der Waals surface area (Å²) in [6.07, 6.45) is 0.395. The Kier molecular flexibility index (Phi) is 6.78. The summed E-state index contributed by atoms with van der Waals surface area (Å²) in [5.41, 5.74) is 13.8. The number of aryl methyl sites for hydroxylation is 1. The standard InChI is InChI=1S/C24H28FN7O2/c1-3-19-24(34-20-14-15(26)4-9-18(20)25)30-23(21(29-19)22(27)33)28-16-5-7-17(8-6-16)32-12-10-31(2)11-13-32/h4-9,14H,3,10-13,26H2,1-2H3,(H2,27,33)(H,28,30). The number of amides is 1. The van der Waals surface area contributed by atoms with Crippen LogP contribution in [0.15, 0.2) is 42.5 Å². The molecule has 34 heavy (non-hydrogen) atoms. The number of aromatic nitrogens is 2. The highest BCUT2D eigenvalue weighted by Crippen LogP contribution is 2.30. The summed E-state index contributed by atoms with van der Waals surface area (Å²) >= 11 is 0. The molecular formula is C24H28FN7O2. The van der Waals surface area contributed by atoms with Crippen molar-refractivity contribution in [1.82, 2.24) is 14.9 Å². The second-order valence-electron chi connectivity index (χ2n) is 8.14. The van der Waals surface area contributed by atoms with E-state index in [2.05, 4.69) is 32.1 Å². The van der Waals surface area contributed by atoms with Crippen molar-refractivity contribution < 1.29 is 13.9 Å². The van der Waals surface area contributed by atoms with Gasteiger partial charge in [-0.25, -0.2) is 9.37 Å². The molecule has 0 saturated carbocycles. The molecule has 1 aliphatic heterocycles. The van der Waals surface area contributed by atoms with Gasteiger partial charge < -0.3 is 31.3 Å². The van der Waals surface area contributed by atoms with Crippen molar-refractivity contribution in [1.29, 1.82) is 0 Å². The number of anilines is 4. The number of nitrogens with two attached hydrogens (primary N) is 2. The summed E-state index contributed by atoms with van der Waals surface area (Å²) in [5, 5.41) is 3.09. The van der Waals surface area contributed by atoms with Crippen LogP contribution in [0.2, 0.25) is 0 Å². The molecule has 0 aliphatic carbocycles.